The van der Waals surface area contributed by atoms with Crippen molar-refractivity contribution in [3.8, 4) is 11.4 Å². The monoisotopic (exact) mass is 429 g/mol. The van der Waals surface area contributed by atoms with Crippen molar-refractivity contribution in [2.24, 2.45) is 0 Å². The molecule has 0 saturated heterocycles. The highest BCUT2D eigenvalue weighted by Gasteiger charge is 2.21. The number of benzene rings is 5. The van der Waals surface area contributed by atoms with Crippen LogP contribution in [0.25, 0.3) is 58.4 Å². The Labute approximate surface area is 188 Å². The Morgan fingerprint density at radius 3 is 2.12 bits per heavy atom. The number of nitrogens with zero attached hydrogens (tertiary/aromatic N) is 1. The number of ether oxygens (including phenoxy) is 1. The fourth-order valence-corrected chi connectivity index (χ4v) is 6.39. The molecule has 0 fully saturated rings. The first kappa shape index (κ1) is 17.8. The summed E-state index contributed by atoms with van der Waals surface area (Å²) in [5.41, 5.74) is 3.64. The second-order valence-electron chi connectivity index (χ2n) is 8.13. The average molecular weight is 430 g/mol. The standard InChI is InChI=1S/C29H19NOS/c1-31-19-15-16-24-23(17-19)26-20-11-5-6-12-21(20)27-22-13-7-8-14-25(22)32-29(27)28(26)30(24)18-9-3-2-4-10-18/h2-17H,1H3. The Kier molecular flexibility index (Phi) is 3.67. The zero-order valence-electron chi connectivity index (χ0n) is 17.5. The van der Waals surface area contributed by atoms with Gasteiger partial charge in [-0.25, -0.2) is 0 Å². The van der Waals surface area contributed by atoms with Crippen LogP contribution in [0.15, 0.2) is 97.1 Å². The van der Waals surface area contributed by atoms with E-state index < -0.39 is 0 Å². The highest BCUT2D eigenvalue weighted by atomic mass is 32.1. The minimum atomic E-state index is 0.880. The summed E-state index contributed by atoms with van der Waals surface area (Å²) in [6.07, 6.45) is 0. The van der Waals surface area contributed by atoms with E-state index in [-0.39, 0.29) is 0 Å². The Morgan fingerprint density at radius 2 is 1.34 bits per heavy atom. The van der Waals surface area contributed by atoms with Crippen molar-refractivity contribution in [2.75, 3.05) is 7.11 Å². The third kappa shape index (κ3) is 2.29. The van der Waals surface area contributed by atoms with Crippen LogP contribution in [0.1, 0.15) is 0 Å². The first-order chi connectivity index (χ1) is 15.8. The van der Waals surface area contributed by atoms with Gasteiger partial charge in [0.15, 0.2) is 0 Å². The minimum Gasteiger partial charge on any atom is -0.497 e. The summed E-state index contributed by atoms with van der Waals surface area (Å²) in [4.78, 5) is 0. The molecule has 152 valence electrons. The zero-order valence-corrected chi connectivity index (χ0v) is 18.3. The Hall–Kier alpha value is -3.82. The molecular formula is C29H19NOS. The van der Waals surface area contributed by atoms with Crippen LogP contribution in [-0.4, -0.2) is 11.7 Å². The molecule has 0 amide bonds. The van der Waals surface area contributed by atoms with E-state index in [4.69, 9.17) is 4.74 Å². The zero-order chi connectivity index (χ0) is 21.2. The number of fused-ring (bicyclic) bond motifs is 10. The van der Waals surface area contributed by atoms with Gasteiger partial charge < -0.3 is 9.30 Å². The third-order valence-corrected chi connectivity index (χ3v) is 7.64. The maximum atomic E-state index is 5.63. The van der Waals surface area contributed by atoms with Crippen LogP contribution < -0.4 is 4.74 Å². The summed E-state index contributed by atoms with van der Waals surface area (Å²) in [5, 5.41) is 7.78. The summed E-state index contributed by atoms with van der Waals surface area (Å²) < 4.78 is 10.7. The molecule has 0 aliphatic carbocycles. The number of para-hydroxylation sites is 1. The van der Waals surface area contributed by atoms with Gasteiger partial charge in [0.05, 0.1) is 22.8 Å². The van der Waals surface area contributed by atoms with Crippen molar-refractivity contribution in [3.05, 3.63) is 97.1 Å². The summed E-state index contributed by atoms with van der Waals surface area (Å²) in [6.45, 7) is 0. The van der Waals surface area contributed by atoms with Crippen molar-refractivity contribution in [2.45, 2.75) is 0 Å². The highest BCUT2D eigenvalue weighted by molar-refractivity contribution is 7.27. The van der Waals surface area contributed by atoms with E-state index in [9.17, 15) is 0 Å². The van der Waals surface area contributed by atoms with E-state index in [1.807, 2.05) is 11.3 Å². The molecular weight excluding hydrogens is 410 g/mol. The topological polar surface area (TPSA) is 14.2 Å². The summed E-state index contributed by atoms with van der Waals surface area (Å²) in [7, 11) is 1.74. The quantitative estimate of drug-likeness (QED) is 0.269. The van der Waals surface area contributed by atoms with Crippen LogP contribution in [0.2, 0.25) is 0 Å². The molecule has 0 atom stereocenters. The highest BCUT2D eigenvalue weighted by Crippen LogP contribution is 2.48. The van der Waals surface area contributed by atoms with Crippen LogP contribution in [0.4, 0.5) is 0 Å². The first-order valence-corrected chi connectivity index (χ1v) is 11.6. The first-order valence-electron chi connectivity index (χ1n) is 10.7. The van der Waals surface area contributed by atoms with Gasteiger partial charge in [0, 0.05) is 31.9 Å². The second-order valence-corrected chi connectivity index (χ2v) is 9.18. The molecule has 2 aromatic heterocycles. The molecule has 0 unspecified atom stereocenters. The SMILES string of the molecule is COc1ccc2c(c1)c1c3ccccc3c3c4ccccc4sc3c1n2-c1ccccc1. The van der Waals surface area contributed by atoms with Crippen molar-refractivity contribution < 1.29 is 4.74 Å². The van der Waals surface area contributed by atoms with Gasteiger partial charge in [-0.3, -0.25) is 0 Å². The van der Waals surface area contributed by atoms with Crippen LogP contribution in [0, 0.1) is 0 Å². The molecule has 7 rings (SSSR count). The molecule has 32 heavy (non-hydrogen) atoms. The second kappa shape index (κ2) is 6.59. The fourth-order valence-electron chi connectivity index (χ4n) is 5.13. The van der Waals surface area contributed by atoms with Gasteiger partial charge in [-0.1, -0.05) is 60.7 Å². The Morgan fingerprint density at radius 1 is 0.656 bits per heavy atom. The van der Waals surface area contributed by atoms with Gasteiger partial charge in [0.25, 0.3) is 0 Å². The van der Waals surface area contributed by atoms with E-state index in [0.29, 0.717) is 0 Å². The average Bonchev–Trinajstić information content (AvgIpc) is 3.41. The molecule has 5 aromatic carbocycles. The van der Waals surface area contributed by atoms with Gasteiger partial charge in [0.1, 0.15) is 5.75 Å². The number of thiophene rings is 1. The Balaban J connectivity index is 1.86. The lowest BCUT2D eigenvalue weighted by Gasteiger charge is -2.10. The molecule has 7 aromatic rings. The summed E-state index contributed by atoms with van der Waals surface area (Å²) in [6, 6.07) is 34.7. The molecule has 2 nitrogen and oxygen atoms in total. The van der Waals surface area contributed by atoms with Crippen molar-refractivity contribution in [1.82, 2.24) is 4.57 Å². The van der Waals surface area contributed by atoms with Crippen LogP contribution in [0.3, 0.4) is 0 Å². The molecule has 0 spiro atoms. The molecule has 0 aliphatic rings. The van der Waals surface area contributed by atoms with Crippen LogP contribution in [-0.2, 0) is 0 Å². The number of hydrogen-bond donors (Lipinski definition) is 0. The lowest BCUT2D eigenvalue weighted by molar-refractivity contribution is 0.415. The van der Waals surface area contributed by atoms with Crippen LogP contribution >= 0.6 is 11.3 Å². The maximum absolute atomic E-state index is 5.63. The number of rotatable bonds is 2. The van der Waals surface area contributed by atoms with Gasteiger partial charge in [-0.15, -0.1) is 11.3 Å². The molecule has 0 saturated carbocycles. The normalized spacial score (nSPS) is 11.9. The van der Waals surface area contributed by atoms with E-state index >= 15 is 0 Å². The maximum Gasteiger partial charge on any atom is 0.119 e. The number of aromatic nitrogens is 1. The molecule has 0 aliphatic heterocycles. The van der Waals surface area contributed by atoms with Gasteiger partial charge >= 0.3 is 0 Å². The predicted octanol–water partition coefficient (Wildman–Crippen LogP) is 8.31. The molecule has 3 heteroatoms. The number of hydrogen-bond acceptors (Lipinski definition) is 2. The van der Waals surface area contributed by atoms with Crippen molar-refractivity contribution in [3.63, 3.8) is 0 Å². The van der Waals surface area contributed by atoms with Crippen LogP contribution in [0.5, 0.6) is 5.75 Å². The molecule has 0 radical (unpaired) electrons. The lowest BCUT2D eigenvalue weighted by atomic mass is 9.99. The smallest absolute Gasteiger partial charge is 0.119 e. The van der Waals surface area contributed by atoms with E-state index in [0.717, 1.165) is 5.75 Å². The van der Waals surface area contributed by atoms with Gasteiger partial charge in [-0.2, -0.15) is 0 Å². The molecule has 0 N–H and O–H groups in total. The van der Waals surface area contributed by atoms with Gasteiger partial charge in [0.2, 0.25) is 0 Å². The van der Waals surface area contributed by atoms with E-state index in [1.54, 1.807) is 7.11 Å². The summed E-state index contributed by atoms with van der Waals surface area (Å²) in [5.74, 6) is 0.880. The van der Waals surface area contributed by atoms with E-state index in [1.165, 1.54) is 58.4 Å². The molecule has 2 heterocycles. The third-order valence-electron chi connectivity index (χ3n) is 6.47. The Bertz CT molecular complexity index is 1810. The number of methoxy groups -OCH3 is 1. The molecule has 0 bridgehead atoms. The van der Waals surface area contributed by atoms with Gasteiger partial charge in [-0.05, 0) is 47.2 Å². The van der Waals surface area contributed by atoms with Crippen molar-refractivity contribution in [1.29, 1.82) is 0 Å². The summed E-state index contributed by atoms with van der Waals surface area (Å²) >= 11 is 1.89. The minimum absolute atomic E-state index is 0.880. The van der Waals surface area contributed by atoms with E-state index in [2.05, 4.69) is 102 Å². The van der Waals surface area contributed by atoms with Crippen molar-refractivity contribution >= 4 is 64.1 Å². The largest absolute Gasteiger partial charge is 0.497 e. The fraction of sp³-hybridized carbons (Fsp3) is 0.0345. The predicted molar refractivity (Wildman–Crippen MR) is 138 cm³/mol. The lowest BCUT2D eigenvalue weighted by Crippen LogP contribution is -1.93.